The van der Waals surface area contributed by atoms with Gasteiger partial charge in [0.1, 0.15) is 5.75 Å². The zero-order valence-corrected chi connectivity index (χ0v) is 8.91. The summed E-state index contributed by atoms with van der Waals surface area (Å²) in [6.45, 7) is 0. The number of aryl methyl sites for hydroxylation is 1. The number of ketones is 1. The van der Waals surface area contributed by atoms with Gasteiger partial charge in [0.05, 0.1) is 7.11 Å². The Hall–Kier alpha value is -2.24. The van der Waals surface area contributed by atoms with Crippen molar-refractivity contribution in [2.75, 3.05) is 7.11 Å². The maximum absolute atomic E-state index is 11.9. The number of hydrogen-bond donors (Lipinski definition) is 0. The summed E-state index contributed by atoms with van der Waals surface area (Å²) in [4.78, 5) is 11.9. The summed E-state index contributed by atoms with van der Waals surface area (Å²) in [5.41, 5.74) is 0.527. The molecule has 0 aliphatic rings. The van der Waals surface area contributed by atoms with Crippen molar-refractivity contribution in [2.24, 2.45) is 7.05 Å². The molecule has 0 fully saturated rings. The minimum atomic E-state index is -0.213. The van der Waals surface area contributed by atoms with Crippen LogP contribution in [0.25, 0.3) is 0 Å². The highest BCUT2D eigenvalue weighted by atomic mass is 16.5. The molecule has 0 aliphatic carbocycles. The van der Waals surface area contributed by atoms with Crippen molar-refractivity contribution in [3.05, 3.63) is 35.7 Å². The molecular formula is C10H10N4O2. The normalized spacial score (nSPS) is 10.1. The molecule has 0 saturated heterocycles. The molecule has 0 atom stereocenters. The van der Waals surface area contributed by atoms with Crippen LogP contribution < -0.4 is 4.74 Å². The fourth-order valence-corrected chi connectivity index (χ4v) is 1.29. The molecule has 0 saturated carbocycles. The van der Waals surface area contributed by atoms with Crippen LogP contribution in [0.5, 0.6) is 5.75 Å². The highest BCUT2D eigenvalue weighted by molar-refractivity contribution is 6.06. The van der Waals surface area contributed by atoms with Crippen LogP contribution in [-0.2, 0) is 7.05 Å². The van der Waals surface area contributed by atoms with Crippen LogP contribution in [0.3, 0.4) is 0 Å². The van der Waals surface area contributed by atoms with Gasteiger partial charge in [0.2, 0.25) is 11.6 Å². The minimum Gasteiger partial charge on any atom is -0.497 e. The first-order chi connectivity index (χ1) is 7.72. The summed E-state index contributed by atoms with van der Waals surface area (Å²) < 4.78 is 6.35. The number of tetrazole rings is 1. The zero-order valence-electron chi connectivity index (χ0n) is 8.91. The predicted molar refractivity (Wildman–Crippen MR) is 55.2 cm³/mol. The van der Waals surface area contributed by atoms with E-state index in [1.165, 1.54) is 4.68 Å². The first kappa shape index (κ1) is 10.3. The topological polar surface area (TPSA) is 69.9 Å². The van der Waals surface area contributed by atoms with E-state index in [0.29, 0.717) is 11.3 Å². The van der Waals surface area contributed by atoms with Crippen LogP contribution in [0, 0.1) is 0 Å². The van der Waals surface area contributed by atoms with Gasteiger partial charge in [0.15, 0.2) is 0 Å². The Labute approximate surface area is 91.8 Å². The van der Waals surface area contributed by atoms with Crippen molar-refractivity contribution >= 4 is 5.78 Å². The number of rotatable bonds is 3. The molecule has 0 unspecified atom stereocenters. The molecule has 2 aromatic rings. The van der Waals surface area contributed by atoms with E-state index in [-0.39, 0.29) is 11.6 Å². The molecule has 1 heterocycles. The Morgan fingerprint density at radius 2 is 2.00 bits per heavy atom. The number of benzene rings is 1. The number of aromatic nitrogens is 4. The van der Waals surface area contributed by atoms with Crippen molar-refractivity contribution in [3.8, 4) is 5.75 Å². The Kier molecular flexibility index (Phi) is 2.63. The highest BCUT2D eigenvalue weighted by Crippen LogP contribution is 2.13. The molecule has 6 heteroatoms. The third-order valence-corrected chi connectivity index (χ3v) is 2.18. The predicted octanol–water partition coefficient (Wildman–Crippen LogP) is 0.450. The van der Waals surface area contributed by atoms with Crippen molar-refractivity contribution in [2.45, 2.75) is 0 Å². The summed E-state index contributed by atoms with van der Waals surface area (Å²) in [7, 11) is 3.19. The van der Waals surface area contributed by atoms with E-state index in [0.717, 1.165) is 0 Å². The molecule has 1 aromatic carbocycles. The number of ether oxygens (including phenoxy) is 1. The summed E-state index contributed by atoms with van der Waals surface area (Å²) in [5, 5.41) is 10.7. The summed E-state index contributed by atoms with van der Waals surface area (Å²) in [6, 6.07) is 6.79. The number of methoxy groups -OCH3 is 1. The van der Waals surface area contributed by atoms with E-state index in [2.05, 4.69) is 15.5 Å². The van der Waals surface area contributed by atoms with E-state index in [1.807, 2.05) is 0 Å². The molecule has 0 N–H and O–H groups in total. The van der Waals surface area contributed by atoms with Gasteiger partial charge in [-0.1, -0.05) is 0 Å². The van der Waals surface area contributed by atoms with E-state index in [4.69, 9.17) is 4.74 Å². The van der Waals surface area contributed by atoms with Crippen molar-refractivity contribution < 1.29 is 9.53 Å². The summed E-state index contributed by atoms with van der Waals surface area (Å²) in [5.74, 6) is 0.702. The standard InChI is InChI=1S/C10H10N4O2/c1-14-10(11-12-13-14)9(15)7-3-5-8(16-2)6-4-7/h3-6H,1-2H3. The molecule has 1 aromatic heterocycles. The second-order valence-corrected chi connectivity index (χ2v) is 3.18. The van der Waals surface area contributed by atoms with Crippen LogP contribution in [0.4, 0.5) is 0 Å². The second-order valence-electron chi connectivity index (χ2n) is 3.18. The molecule has 82 valence electrons. The first-order valence-electron chi connectivity index (χ1n) is 4.63. The number of carbonyl (C=O) groups is 1. The molecule has 6 nitrogen and oxygen atoms in total. The quantitative estimate of drug-likeness (QED) is 0.699. The molecule has 0 aliphatic heterocycles. The number of nitrogens with zero attached hydrogens (tertiary/aromatic N) is 4. The van der Waals surface area contributed by atoms with Crippen LogP contribution in [-0.4, -0.2) is 33.1 Å². The van der Waals surface area contributed by atoms with Gasteiger partial charge in [0, 0.05) is 12.6 Å². The third-order valence-electron chi connectivity index (χ3n) is 2.18. The van der Waals surface area contributed by atoms with Gasteiger partial charge in [-0.25, -0.2) is 4.68 Å². The lowest BCUT2D eigenvalue weighted by Crippen LogP contribution is -2.09. The van der Waals surface area contributed by atoms with Gasteiger partial charge < -0.3 is 4.74 Å². The maximum Gasteiger partial charge on any atom is 0.231 e. The first-order valence-corrected chi connectivity index (χ1v) is 4.63. The Bertz CT molecular complexity index is 504. The summed E-state index contributed by atoms with van der Waals surface area (Å²) >= 11 is 0. The van der Waals surface area contributed by atoms with Crippen molar-refractivity contribution in [3.63, 3.8) is 0 Å². The molecule has 0 bridgehead atoms. The van der Waals surface area contributed by atoms with Gasteiger partial charge in [-0.2, -0.15) is 0 Å². The highest BCUT2D eigenvalue weighted by Gasteiger charge is 2.15. The van der Waals surface area contributed by atoms with Crippen LogP contribution in [0.15, 0.2) is 24.3 Å². The van der Waals surface area contributed by atoms with Crippen LogP contribution in [0.2, 0.25) is 0 Å². The molecule has 0 radical (unpaired) electrons. The fraction of sp³-hybridized carbons (Fsp3) is 0.200. The molecular weight excluding hydrogens is 208 g/mol. The average molecular weight is 218 g/mol. The van der Waals surface area contributed by atoms with Crippen LogP contribution >= 0.6 is 0 Å². The van der Waals surface area contributed by atoms with Gasteiger partial charge in [0.25, 0.3) is 0 Å². The van der Waals surface area contributed by atoms with E-state index >= 15 is 0 Å². The SMILES string of the molecule is COc1ccc(C(=O)c2nnnn2C)cc1. The van der Waals surface area contributed by atoms with E-state index in [9.17, 15) is 4.79 Å². The smallest absolute Gasteiger partial charge is 0.231 e. The minimum absolute atomic E-state index is 0.213. The third kappa shape index (κ3) is 1.77. The van der Waals surface area contributed by atoms with Crippen LogP contribution in [0.1, 0.15) is 16.2 Å². The average Bonchev–Trinajstić information content (AvgIpc) is 2.75. The molecule has 16 heavy (non-hydrogen) atoms. The largest absolute Gasteiger partial charge is 0.497 e. The van der Waals surface area contributed by atoms with Crippen molar-refractivity contribution in [1.82, 2.24) is 20.2 Å². The molecule has 0 amide bonds. The van der Waals surface area contributed by atoms with Gasteiger partial charge in [-0.05, 0) is 34.7 Å². The lowest BCUT2D eigenvalue weighted by atomic mass is 10.1. The molecule has 2 rings (SSSR count). The summed E-state index contributed by atoms with van der Waals surface area (Å²) in [6.07, 6.45) is 0. The van der Waals surface area contributed by atoms with Gasteiger partial charge >= 0.3 is 0 Å². The van der Waals surface area contributed by atoms with E-state index < -0.39 is 0 Å². The fourth-order valence-electron chi connectivity index (χ4n) is 1.29. The van der Waals surface area contributed by atoms with E-state index in [1.54, 1.807) is 38.4 Å². The Balaban J connectivity index is 2.31. The number of hydrogen-bond acceptors (Lipinski definition) is 5. The lowest BCUT2D eigenvalue weighted by molar-refractivity contribution is 0.102. The Morgan fingerprint density at radius 3 is 2.50 bits per heavy atom. The molecule has 0 spiro atoms. The zero-order chi connectivity index (χ0) is 11.5. The van der Waals surface area contributed by atoms with Gasteiger partial charge in [-0.15, -0.1) is 5.10 Å². The monoisotopic (exact) mass is 218 g/mol. The van der Waals surface area contributed by atoms with Gasteiger partial charge in [-0.3, -0.25) is 4.79 Å². The van der Waals surface area contributed by atoms with Crippen molar-refractivity contribution in [1.29, 1.82) is 0 Å². The second kappa shape index (κ2) is 4.09. The number of carbonyl (C=O) groups excluding carboxylic acids is 1. The maximum atomic E-state index is 11.9. The lowest BCUT2D eigenvalue weighted by Gasteiger charge is -2.01. The Morgan fingerprint density at radius 1 is 1.31 bits per heavy atom.